The summed E-state index contributed by atoms with van der Waals surface area (Å²) >= 11 is 0. The largest absolute Gasteiger partial charge is 0.347 e. The van der Waals surface area contributed by atoms with Gasteiger partial charge in [-0.25, -0.2) is 0 Å². The molecule has 0 aromatic carbocycles. The Morgan fingerprint density at radius 1 is 0.708 bits per heavy atom. The molecule has 0 radical (unpaired) electrons. The first-order valence-corrected chi connectivity index (χ1v) is 13.1. The molecule has 16 heteroatoms. The number of hydrogen-bond acceptors (Lipinski definition) is 4. The van der Waals surface area contributed by atoms with Gasteiger partial charge in [-0.2, -0.15) is 0 Å². The van der Waals surface area contributed by atoms with Crippen LogP contribution in [-0.4, -0.2) is 56.4 Å². The lowest BCUT2D eigenvalue weighted by molar-refractivity contribution is 0.314. The van der Waals surface area contributed by atoms with E-state index in [4.69, 9.17) is 19.6 Å². The third-order valence-corrected chi connectivity index (χ3v) is 8.89. The summed E-state index contributed by atoms with van der Waals surface area (Å²) < 4.78 is 44.8. The first kappa shape index (κ1) is 24.3. The van der Waals surface area contributed by atoms with Crippen LogP contribution < -0.4 is 0 Å². The van der Waals surface area contributed by atoms with Crippen molar-refractivity contribution in [2.45, 2.75) is 24.2 Å². The maximum atomic E-state index is 11.7. The van der Waals surface area contributed by atoms with E-state index in [2.05, 4.69) is 0 Å². The minimum absolute atomic E-state index is 0.266. The van der Waals surface area contributed by atoms with Crippen LogP contribution >= 0.6 is 30.4 Å². The summed E-state index contributed by atoms with van der Waals surface area (Å²) in [6, 6.07) is 0. The third-order valence-electron chi connectivity index (χ3n) is 2.98. The highest BCUT2D eigenvalue weighted by molar-refractivity contribution is 7.72. The molecule has 8 N–H and O–H groups in total. The SMILES string of the molecule is O=P(O)(O)CC=CC(CCCCP(=O)(O)O)(P(=O)(O)O)P(=O)(O)O. The molecule has 0 aliphatic heterocycles. The maximum absolute atomic E-state index is 11.7. The molecule has 0 unspecified atom stereocenters. The van der Waals surface area contributed by atoms with Crippen molar-refractivity contribution in [2.24, 2.45) is 0 Å². The van der Waals surface area contributed by atoms with Crippen molar-refractivity contribution in [1.29, 1.82) is 0 Å². The normalized spacial score (nSPS) is 15.2. The van der Waals surface area contributed by atoms with Crippen LogP contribution in [0.4, 0.5) is 0 Å². The second kappa shape index (κ2) is 8.35. The van der Waals surface area contributed by atoms with Crippen molar-refractivity contribution in [2.75, 3.05) is 12.3 Å². The van der Waals surface area contributed by atoms with Gasteiger partial charge in [0.2, 0.25) is 0 Å². The van der Waals surface area contributed by atoms with Crippen molar-refractivity contribution < 1.29 is 57.4 Å². The minimum atomic E-state index is -5.49. The van der Waals surface area contributed by atoms with Gasteiger partial charge in [0.15, 0.2) is 4.90 Å². The summed E-state index contributed by atoms with van der Waals surface area (Å²) in [6.07, 6.45) is -2.12. The predicted molar refractivity (Wildman–Crippen MR) is 83.6 cm³/mol. The Kier molecular flexibility index (Phi) is 8.47. The monoisotopic (exact) mass is 432 g/mol. The Bertz CT molecular complexity index is 609. The van der Waals surface area contributed by atoms with E-state index in [1.807, 2.05) is 0 Å². The Labute approximate surface area is 137 Å². The molecule has 0 aromatic rings. The van der Waals surface area contributed by atoms with Crippen LogP contribution in [0.25, 0.3) is 0 Å². The number of allylic oxidation sites excluding steroid dienone is 2. The number of unbranched alkanes of at least 4 members (excludes halogenated alkanes) is 1. The molecule has 0 amide bonds. The smallest absolute Gasteiger partial charge is 0.324 e. The van der Waals surface area contributed by atoms with Crippen LogP contribution in [0, 0.1) is 0 Å². The standard InChI is InChI=1S/C8H20O12P4/c9-21(10,11)6-2-1-4-8(23(15,16)17,24(18,19)20)5-3-7-22(12,13)14/h3,5H,1-2,4,6-7H2,(H2,9,10,11)(H2,12,13,14)(H2,15,16,17)(H2,18,19,20). The molecule has 0 aromatic heterocycles. The first-order chi connectivity index (χ1) is 10.4. The molecule has 0 saturated heterocycles. The summed E-state index contributed by atoms with van der Waals surface area (Å²) in [6.45, 7) is 0. The lowest BCUT2D eigenvalue weighted by Crippen LogP contribution is -2.27. The first-order valence-electron chi connectivity index (χ1n) is 6.29. The van der Waals surface area contributed by atoms with Crippen LogP contribution in [0.1, 0.15) is 19.3 Å². The van der Waals surface area contributed by atoms with Gasteiger partial charge in [-0.3, -0.25) is 18.3 Å². The molecule has 0 aliphatic rings. The highest BCUT2D eigenvalue weighted by Crippen LogP contribution is 2.71. The zero-order chi connectivity index (χ0) is 19.4. The average molecular weight is 432 g/mol. The average Bonchev–Trinajstić information content (AvgIpc) is 2.26. The van der Waals surface area contributed by atoms with Gasteiger partial charge in [0.1, 0.15) is 0 Å². The van der Waals surface area contributed by atoms with Gasteiger partial charge in [-0.05, 0) is 12.8 Å². The molecule has 24 heavy (non-hydrogen) atoms. The van der Waals surface area contributed by atoms with Gasteiger partial charge in [-0.15, -0.1) is 0 Å². The van der Waals surface area contributed by atoms with Crippen LogP contribution in [0.2, 0.25) is 0 Å². The van der Waals surface area contributed by atoms with Gasteiger partial charge in [0.25, 0.3) is 0 Å². The van der Waals surface area contributed by atoms with Gasteiger partial charge in [0, 0.05) is 6.16 Å². The fraction of sp³-hybridized carbons (Fsp3) is 0.750. The van der Waals surface area contributed by atoms with E-state index in [0.717, 1.165) is 0 Å². The zero-order valence-corrected chi connectivity index (χ0v) is 15.8. The molecule has 0 aliphatic carbocycles. The summed E-state index contributed by atoms with van der Waals surface area (Å²) in [5.41, 5.74) is 0. The van der Waals surface area contributed by atoms with Crippen LogP contribution in [0.5, 0.6) is 0 Å². The van der Waals surface area contributed by atoms with E-state index in [1.54, 1.807) is 0 Å². The maximum Gasteiger partial charge on any atom is 0.347 e. The van der Waals surface area contributed by atoms with E-state index in [1.165, 1.54) is 0 Å². The molecular formula is C8H20O12P4. The summed E-state index contributed by atoms with van der Waals surface area (Å²) in [4.78, 5) is 69.3. The number of hydrogen-bond donors (Lipinski definition) is 8. The van der Waals surface area contributed by atoms with Crippen molar-refractivity contribution in [3.05, 3.63) is 12.2 Å². The van der Waals surface area contributed by atoms with E-state index in [9.17, 15) is 37.8 Å². The molecule has 144 valence electrons. The Morgan fingerprint density at radius 3 is 1.50 bits per heavy atom. The van der Waals surface area contributed by atoms with Gasteiger partial charge in [0.05, 0.1) is 6.16 Å². The van der Waals surface area contributed by atoms with E-state index < -0.39 is 54.0 Å². The van der Waals surface area contributed by atoms with E-state index >= 15 is 0 Å². The highest BCUT2D eigenvalue weighted by atomic mass is 31.2. The summed E-state index contributed by atoms with van der Waals surface area (Å²) in [5, 5.41) is 0. The van der Waals surface area contributed by atoms with Crippen molar-refractivity contribution in [1.82, 2.24) is 0 Å². The predicted octanol–water partition coefficient (Wildman–Crippen LogP) is 0.120. The topological polar surface area (TPSA) is 230 Å². The highest BCUT2D eigenvalue weighted by Gasteiger charge is 2.57. The second-order valence-electron chi connectivity index (χ2n) is 5.06. The van der Waals surface area contributed by atoms with Gasteiger partial charge < -0.3 is 39.1 Å². The Morgan fingerprint density at radius 2 is 1.17 bits per heavy atom. The van der Waals surface area contributed by atoms with E-state index in [-0.39, 0.29) is 12.8 Å². The molecule has 0 saturated carbocycles. The molecule has 0 fully saturated rings. The summed E-state index contributed by atoms with van der Waals surface area (Å²) in [7, 11) is -20.0. The van der Waals surface area contributed by atoms with Crippen LogP contribution in [-0.2, 0) is 18.3 Å². The fourth-order valence-electron chi connectivity index (χ4n) is 1.82. The lowest BCUT2D eigenvalue weighted by atomic mass is 10.2. The molecule has 0 spiro atoms. The molecular weight excluding hydrogens is 412 g/mol. The Hall–Kier alpha value is 0.340. The van der Waals surface area contributed by atoms with Gasteiger partial charge >= 0.3 is 30.4 Å². The molecule has 12 nitrogen and oxygen atoms in total. The second-order valence-corrected chi connectivity index (χ2v) is 12.7. The Balaban J connectivity index is 5.56. The molecule has 0 heterocycles. The van der Waals surface area contributed by atoms with Crippen LogP contribution in [0.15, 0.2) is 12.2 Å². The lowest BCUT2D eigenvalue weighted by Gasteiger charge is -2.32. The van der Waals surface area contributed by atoms with Crippen molar-refractivity contribution >= 4 is 30.4 Å². The van der Waals surface area contributed by atoms with Gasteiger partial charge in [-0.1, -0.05) is 18.6 Å². The zero-order valence-electron chi connectivity index (χ0n) is 12.2. The molecule has 0 atom stereocenters. The molecule has 0 rings (SSSR count). The fourth-order valence-corrected chi connectivity index (χ4v) is 5.69. The van der Waals surface area contributed by atoms with Crippen LogP contribution in [0.3, 0.4) is 0 Å². The minimum Gasteiger partial charge on any atom is -0.324 e. The van der Waals surface area contributed by atoms with Crippen molar-refractivity contribution in [3.63, 3.8) is 0 Å². The molecule has 0 bridgehead atoms. The third kappa shape index (κ3) is 8.15. The van der Waals surface area contributed by atoms with Crippen molar-refractivity contribution in [3.8, 4) is 0 Å². The van der Waals surface area contributed by atoms with E-state index in [0.29, 0.717) is 12.2 Å². The summed E-state index contributed by atoms with van der Waals surface area (Å²) in [5.74, 6) is 0. The quantitative estimate of drug-likeness (QED) is 0.131. The number of rotatable bonds is 10.